The summed E-state index contributed by atoms with van der Waals surface area (Å²) in [5.74, 6) is 6.07. The first-order valence-corrected chi connectivity index (χ1v) is 11.3. The normalized spacial score (nSPS) is 11.4. The molecule has 2 heterocycles. The van der Waals surface area contributed by atoms with Gasteiger partial charge in [0, 0.05) is 35.0 Å². The second-order valence-electron chi connectivity index (χ2n) is 8.58. The number of aromatic amines is 1. The predicted octanol–water partition coefficient (Wildman–Crippen LogP) is 5.48. The summed E-state index contributed by atoms with van der Waals surface area (Å²) in [6, 6.07) is 15.9. The number of aromatic nitrogens is 4. The summed E-state index contributed by atoms with van der Waals surface area (Å²) < 4.78 is 42.2. The highest BCUT2D eigenvalue weighted by atomic mass is 19.4. The molecule has 0 spiro atoms. The number of carbonyl (C=O) groups is 1. The molecule has 9 heteroatoms. The van der Waals surface area contributed by atoms with Crippen molar-refractivity contribution < 1.29 is 18.0 Å². The lowest BCUT2D eigenvalue weighted by atomic mass is 9.99. The quantitative estimate of drug-likeness (QED) is 0.253. The average Bonchev–Trinajstić information content (AvgIpc) is 3.48. The third kappa shape index (κ3) is 5.09. The number of aryl methyl sites for hydroxylation is 1. The van der Waals surface area contributed by atoms with Gasteiger partial charge in [-0.2, -0.15) is 18.3 Å². The number of nitrogens with two attached hydrogens (primary N) is 1. The minimum absolute atomic E-state index is 0.0326. The Morgan fingerprint density at radius 1 is 1.08 bits per heavy atom. The van der Waals surface area contributed by atoms with Crippen molar-refractivity contribution >= 4 is 22.5 Å². The summed E-state index contributed by atoms with van der Waals surface area (Å²) in [7, 11) is 0. The van der Waals surface area contributed by atoms with Crippen molar-refractivity contribution in [3.8, 4) is 17.5 Å². The monoisotopic (exact) mass is 499 g/mol. The van der Waals surface area contributed by atoms with Gasteiger partial charge in [-0.25, -0.2) is 4.98 Å². The lowest BCUT2D eigenvalue weighted by Crippen LogP contribution is -2.11. The second-order valence-corrected chi connectivity index (χ2v) is 8.58. The predicted molar refractivity (Wildman–Crippen MR) is 134 cm³/mol. The number of halogens is 3. The van der Waals surface area contributed by atoms with Crippen LogP contribution in [0.2, 0.25) is 0 Å². The number of alkyl halides is 3. The van der Waals surface area contributed by atoms with Crippen LogP contribution in [0.25, 0.3) is 16.6 Å². The molecule has 0 aliphatic rings. The molecule has 2 aromatic heterocycles. The fraction of sp³-hybridized carbons (Fsp3) is 0.107. The molecular formula is C28H20F3N5O. The Morgan fingerprint density at radius 3 is 2.65 bits per heavy atom. The standard InChI is InChI=1S/C28H20F3N5O/c1-17-15-36(16-33-17)23-13-21(12-22(14-23)28(29,30)31)25(37)11-19-5-2-4-18(10-19)8-9-20-6-3-7-24-26(20)27(32)35-34-24/h2-7,10,12-16H,11H2,1H3,(H3,32,34,35). The first-order valence-electron chi connectivity index (χ1n) is 11.3. The number of carbonyl (C=O) groups excluding carboxylic acids is 1. The number of nitrogens with one attached hydrogen (secondary N) is 1. The number of ketones is 1. The molecule has 5 rings (SSSR count). The minimum Gasteiger partial charge on any atom is -0.382 e. The molecular weight excluding hydrogens is 479 g/mol. The van der Waals surface area contributed by atoms with Gasteiger partial charge in [0.05, 0.1) is 28.5 Å². The molecule has 0 amide bonds. The molecule has 0 radical (unpaired) electrons. The zero-order chi connectivity index (χ0) is 26.2. The summed E-state index contributed by atoms with van der Waals surface area (Å²) in [6.07, 6.45) is -1.66. The van der Waals surface area contributed by atoms with E-state index in [1.54, 1.807) is 37.4 Å². The molecule has 0 saturated carbocycles. The van der Waals surface area contributed by atoms with Gasteiger partial charge in [-0.3, -0.25) is 9.89 Å². The molecule has 184 valence electrons. The summed E-state index contributed by atoms with van der Waals surface area (Å²) in [6.45, 7) is 1.73. The number of nitrogens with zero attached hydrogens (tertiary/aromatic N) is 3. The van der Waals surface area contributed by atoms with E-state index >= 15 is 0 Å². The minimum atomic E-state index is -4.60. The Morgan fingerprint density at radius 2 is 1.89 bits per heavy atom. The Bertz CT molecular complexity index is 1700. The number of hydrogen-bond acceptors (Lipinski definition) is 4. The van der Waals surface area contributed by atoms with Crippen molar-refractivity contribution in [2.45, 2.75) is 19.5 Å². The van der Waals surface area contributed by atoms with Crippen LogP contribution < -0.4 is 5.73 Å². The van der Waals surface area contributed by atoms with Crippen LogP contribution in [-0.4, -0.2) is 25.5 Å². The molecule has 0 atom stereocenters. The van der Waals surface area contributed by atoms with Crippen LogP contribution in [0.5, 0.6) is 0 Å². The molecule has 3 aromatic carbocycles. The molecule has 0 aliphatic heterocycles. The van der Waals surface area contributed by atoms with Gasteiger partial charge in [0.15, 0.2) is 11.6 Å². The maximum absolute atomic E-state index is 13.6. The Labute approximate surface area is 210 Å². The summed E-state index contributed by atoms with van der Waals surface area (Å²) in [4.78, 5) is 17.1. The molecule has 0 saturated heterocycles. The van der Waals surface area contributed by atoms with Crippen molar-refractivity contribution in [1.29, 1.82) is 0 Å². The molecule has 0 fully saturated rings. The number of hydrogen-bond donors (Lipinski definition) is 2. The fourth-order valence-corrected chi connectivity index (χ4v) is 4.04. The molecule has 0 unspecified atom stereocenters. The number of anilines is 1. The number of fused-ring (bicyclic) bond motifs is 1. The van der Waals surface area contributed by atoms with Crippen LogP contribution in [0.3, 0.4) is 0 Å². The number of H-pyrrole nitrogens is 1. The van der Waals surface area contributed by atoms with Crippen molar-refractivity contribution in [2.75, 3.05) is 5.73 Å². The molecule has 3 N–H and O–H groups in total. The number of nitrogen functional groups attached to an aromatic ring is 1. The zero-order valence-corrected chi connectivity index (χ0v) is 19.6. The Hall–Kier alpha value is -4.84. The first-order chi connectivity index (χ1) is 17.7. The maximum Gasteiger partial charge on any atom is 0.416 e. The van der Waals surface area contributed by atoms with Crippen LogP contribution >= 0.6 is 0 Å². The van der Waals surface area contributed by atoms with Gasteiger partial charge in [-0.15, -0.1) is 0 Å². The van der Waals surface area contributed by atoms with Crippen LogP contribution in [0.4, 0.5) is 19.0 Å². The van der Waals surface area contributed by atoms with E-state index in [0.717, 1.165) is 23.0 Å². The highest BCUT2D eigenvalue weighted by Crippen LogP contribution is 2.32. The van der Waals surface area contributed by atoms with E-state index in [1.165, 1.54) is 17.0 Å². The van der Waals surface area contributed by atoms with Crippen LogP contribution in [0.1, 0.15) is 38.3 Å². The van der Waals surface area contributed by atoms with Gasteiger partial charge in [-0.1, -0.05) is 30.0 Å². The van der Waals surface area contributed by atoms with Crippen molar-refractivity contribution in [3.05, 3.63) is 107 Å². The Balaban J connectivity index is 1.43. The highest BCUT2D eigenvalue weighted by Gasteiger charge is 2.32. The van der Waals surface area contributed by atoms with Crippen molar-refractivity contribution in [1.82, 2.24) is 19.7 Å². The third-order valence-corrected chi connectivity index (χ3v) is 5.83. The fourth-order valence-electron chi connectivity index (χ4n) is 4.04. The third-order valence-electron chi connectivity index (χ3n) is 5.83. The van der Waals surface area contributed by atoms with Crippen LogP contribution in [0, 0.1) is 18.8 Å². The van der Waals surface area contributed by atoms with Crippen LogP contribution in [0.15, 0.2) is 73.2 Å². The van der Waals surface area contributed by atoms with Gasteiger partial charge in [0.25, 0.3) is 0 Å². The van der Waals surface area contributed by atoms with Crippen LogP contribution in [-0.2, 0) is 12.6 Å². The number of rotatable bonds is 4. The lowest BCUT2D eigenvalue weighted by molar-refractivity contribution is -0.137. The molecule has 0 bridgehead atoms. The SMILES string of the molecule is Cc1cn(-c2cc(C(=O)Cc3cccc(C#Cc4cccc5[nH]nc(N)c45)c3)cc(C(F)(F)F)c2)cn1. The van der Waals surface area contributed by atoms with Gasteiger partial charge in [0.1, 0.15) is 0 Å². The van der Waals surface area contributed by atoms with E-state index in [0.29, 0.717) is 28.2 Å². The van der Waals surface area contributed by atoms with E-state index < -0.39 is 17.5 Å². The largest absolute Gasteiger partial charge is 0.416 e. The Kier molecular flexibility index (Phi) is 6.01. The van der Waals surface area contributed by atoms with Gasteiger partial charge >= 0.3 is 6.18 Å². The van der Waals surface area contributed by atoms with E-state index in [1.807, 2.05) is 18.2 Å². The van der Waals surface area contributed by atoms with Gasteiger partial charge in [0.2, 0.25) is 0 Å². The van der Waals surface area contributed by atoms with Gasteiger partial charge in [-0.05, 0) is 55.0 Å². The first kappa shape index (κ1) is 23.9. The summed E-state index contributed by atoms with van der Waals surface area (Å²) >= 11 is 0. The lowest BCUT2D eigenvalue weighted by Gasteiger charge is -2.12. The number of benzene rings is 3. The van der Waals surface area contributed by atoms with Crippen molar-refractivity contribution in [3.63, 3.8) is 0 Å². The molecule has 0 aliphatic carbocycles. The smallest absolute Gasteiger partial charge is 0.382 e. The maximum atomic E-state index is 13.6. The molecule has 37 heavy (non-hydrogen) atoms. The number of Topliss-reactive ketones (excluding diaryl/α,β-unsaturated/α-hetero) is 1. The van der Waals surface area contributed by atoms with E-state index in [2.05, 4.69) is 27.0 Å². The molecule has 6 nitrogen and oxygen atoms in total. The van der Waals surface area contributed by atoms with Gasteiger partial charge < -0.3 is 10.3 Å². The second kappa shape index (κ2) is 9.32. The number of imidazole rings is 1. The topological polar surface area (TPSA) is 89.6 Å². The highest BCUT2D eigenvalue weighted by molar-refractivity contribution is 5.98. The van der Waals surface area contributed by atoms with E-state index in [4.69, 9.17) is 5.73 Å². The summed E-state index contributed by atoms with van der Waals surface area (Å²) in [5, 5.41) is 7.58. The summed E-state index contributed by atoms with van der Waals surface area (Å²) in [5.41, 5.74) is 8.64. The van der Waals surface area contributed by atoms with Crippen molar-refractivity contribution in [2.24, 2.45) is 0 Å². The van der Waals surface area contributed by atoms with E-state index in [-0.39, 0.29) is 17.7 Å². The van der Waals surface area contributed by atoms with E-state index in [9.17, 15) is 18.0 Å². The zero-order valence-electron chi connectivity index (χ0n) is 19.6. The average molecular weight is 499 g/mol. The molecule has 5 aromatic rings.